The van der Waals surface area contributed by atoms with Gasteiger partial charge in [0.2, 0.25) is 0 Å². The molecule has 0 saturated heterocycles. The van der Waals surface area contributed by atoms with Crippen LogP contribution in [0.1, 0.15) is 28.2 Å². The molecule has 0 atom stereocenters. The molecule has 0 aliphatic heterocycles. The number of carbonyl (C=O) groups excluding carboxylic acids is 1. The minimum Gasteiger partial charge on any atom is -0.465 e. The zero-order valence-corrected chi connectivity index (χ0v) is 8.89. The second kappa shape index (κ2) is 5.13. The predicted octanol–water partition coefficient (Wildman–Crippen LogP) is 1.59. The van der Waals surface area contributed by atoms with Gasteiger partial charge in [0.05, 0.1) is 12.0 Å². The van der Waals surface area contributed by atoms with Gasteiger partial charge in [-0.05, 0) is 0 Å². The van der Waals surface area contributed by atoms with Crippen LogP contribution in [0.15, 0.2) is 6.07 Å². The molecule has 0 aromatic carbocycles. The lowest BCUT2D eigenvalue weighted by Gasteiger charge is -2.05. The third kappa shape index (κ3) is 2.37. The molecule has 1 rings (SSSR count). The van der Waals surface area contributed by atoms with Crippen LogP contribution >= 0.6 is 0 Å². The normalized spacial score (nSPS) is 9.94. The van der Waals surface area contributed by atoms with Crippen molar-refractivity contribution >= 4 is 11.7 Å². The molecule has 0 saturated carbocycles. The van der Waals surface area contributed by atoms with Crippen molar-refractivity contribution < 1.29 is 23.2 Å². The maximum atomic E-state index is 12.4. The van der Waals surface area contributed by atoms with E-state index in [4.69, 9.17) is 5.26 Å². The smallest absolute Gasteiger partial charge is 0.347 e. The van der Waals surface area contributed by atoms with E-state index in [2.05, 4.69) is 9.72 Å². The minimum atomic E-state index is -3.09. The number of hydrogen-bond donors (Lipinski definition) is 0. The lowest BCUT2D eigenvalue weighted by molar-refractivity contribution is -0.385. The quantitative estimate of drug-likeness (QED) is 0.462. The second-order valence-corrected chi connectivity index (χ2v) is 2.95. The van der Waals surface area contributed by atoms with E-state index in [0.29, 0.717) is 6.07 Å². The first-order valence-corrected chi connectivity index (χ1v) is 4.38. The van der Waals surface area contributed by atoms with Crippen LogP contribution in [0.3, 0.4) is 0 Å². The van der Waals surface area contributed by atoms with E-state index < -0.39 is 40.0 Å². The Hall–Kier alpha value is -2.63. The van der Waals surface area contributed by atoms with E-state index >= 15 is 0 Å². The van der Waals surface area contributed by atoms with Gasteiger partial charge < -0.3 is 4.74 Å². The molecule has 1 aromatic rings. The van der Waals surface area contributed by atoms with Gasteiger partial charge in [-0.2, -0.15) is 5.26 Å². The third-order valence-electron chi connectivity index (χ3n) is 1.93. The number of halogens is 2. The molecule has 1 aromatic heterocycles. The van der Waals surface area contributed by atoms with Crippen LogP contribution < -0.4 is 0 Å². The van der Waals surface area contributed by atoms with E-state index in [1.54, 1.807) is 0 Å². The van der Waals surface area contributed by atoms with Crippen LogP contribution in [0.25, 0.3) is 0 Å². The summed E-state index contributed by atoms with van der Waals surface area (Å²) in [7, 11) is 0.939. The van der Waals surface area contributed by atoms with Crippen molar-refractivity contribution in [2.45, 2.75) is 6.43 Å². The number of carbonyl (C=O) groups is 1. The van der Waals surface area contributed by atoms with Gasteiger partial charge in [-0.1, -0.05) is 0 Å². The molecule has 7 nitrogen and oxygen atoms in total. The summed E-state index contributed by atoms with van der Waals surface area (Å²) < 4.78 is 29.1. The highest BCUT2D eigenvalue weighted by atomic mass is 19.3. The lowest BCUT2D eigenvalue weighted by Crippen LogP contribution is -2.11. The summed E-state index contributed by atoms with van der Waals surface area (Å²) in [6.45, 7) is 0. The fourth-order valence-electron chi connectivity index (χ4n) is 1.19. The van der Waals surface area contributed by atoms with Gasteiger partial charge in [0, 0.05) is 6.07 Å². The number of rotatable bonds is 3. The molecule has 94 valence electrons. The molecule has 0 amide bonds. The van der Waals surface area contributed by atoms with Crippen molar-refractivity contribution in [2.24, 2.45) is 0 Å². The first-order valence-electron chi connectivity index (χ1n) is 4.38. The number of hydrogen-bond acceptors (Lipinski definition) is 6. The van der Waals surface area contributed by atoms with Crippen molar-refractivity contribution in [3.05, 3.63) is 33.1 Å². The molecule has 0 bridgehead atoms. The summed E-state index contributed by atoms with van der Waals surface area (Å²) in [5.41, 5.74) is -3.41. The first kappa shape index (κ1) is 13.4. The van der Waals surface area contributed by atoms with Crippen molar-refractivity contribution in [1.29, 1.82) is 5.26 Å². The Morgan fingerprint density at radius 2 is 2.28 bits per heavy atom. The minimum absolute atomic E-state index is 0.442. The number of nitrogens with zero attached hydrogens (tertiary/aromatic N) is 3. The van der Waals surface area contributed by atoms with E-state index in [9.17, 15) is 23.7 Å². The molecule has 18 heavy (non-hydrogen) atoms. The number of methoxy groups -OCH3 is 1. The van der Waals surface area contributed by atoms with Crippen molar-refractivity contribution in [2.75, 3.05) is 7.11 Å². The number of esters is 1. The fourth-order valence-corrected chi connectivity index (χ4v) is 1.19. The molecule has 9 heteroatoms. The van der Waals surface area contributed by atoms with Gasteiger partial charge in [0.15, 0.2) is 11.3 Å². The number of aromatic nitrogens is 1. The Morgan fingerprint density at radius 3 is 2.67 bits per heavy atom. The fraction of sp³-hybridized carbons (Fsp3) is 0.222. The Morgan fingerprint density at radius 1 is 1.67 bits per heavy atom. The Labute approximate surface area is 98.8 Å². The molecule has 0 fully saturated rings. The Kier molecular flexibility index (Phi) is 3.83. The molecule has 0 N–H and O–H groups in total. The Balaban J connectivity index is 3.63. The lowest BCUT2D eigenvalue weighted by atomic mass is 10.1. The van der Waals surface area contributed by atoms with Gasteiger partial charge in [-0.25, -0.2) is 18.6 Å². The highest BCUT2D eigenvalue weighted by Crippen LogP contribution is 2.27. The highest BCUT2D eigenvalue weighted by Gasteiger charge is 2.29. The maximum absolute atomic E-state index is 12.4. The molecule has 0 aliphatic carbocycles. The average Bonchev–Trinajstić information content (AvgIpc) is 2.35. The zero-order valence-electron chi connectivity index (χ0n) is 8.89. The van der Waals surface area contributed by atoms with Gasteiger partial charge >= 0.3 is 5.97 Å². The van der Waals surface area contributed by atoms with E-state index in [0.717, 1.165) is 7.11 Å². The van der Waals surface area contributed by atoms with E-state index in [1.807, 2.05) is 0 Å². The number of alkyl halides is 2. The van der Waals surface area contributed by atoms with Crippen LogP contribution in [0.2, 0.25) is 0 Å². The number of pyridine rings is 1. The largest absolute Gasteiger partial charge is 0.465 e. The molecule has 1 heterocycles. The van der Waals surface area contributed by atoms with Gasteiger partial charge in [-0.15, -0.1) is 0 Å². The van der Waals surface area contributed by atoms with Crippen molar-refractivity contribution in [3.63, 3.8) is 0 Å². The van der Waals surface area contributed by atoms with Crippen LogP contribution in [0.4, 0.5) is 14.5 Å². The summed E-state index contributed by atoms with van der Waals surface area (Å²) in [6.07, 6.45) is -3.09. The molecule has 0 aliphatic rings. The van der Waals surface area contributed by atoms with Crippen LogP contribution in [-0.2, 0) is 4.74 Å². The predicted molar refractivity (Wildman–Crippen MR) is 51.9 cm³/mol. The second-order valence-electron chi connectivity index (χ2n) is 2.95. The number of ether oxygens (including phenoxy) is 1. The van der Waals surface area contributed by atoms with Gasteiger partial charge in [0.25, 0.3) is 12.1 Å². The topological polar surface area (TPSA) is 106 Å². The molecule has 0 unspecified atom stereocenters. The summed E-state index contributed by atoms with van der Waals surface area (Å²) in [5, 5.41) is 19.4. The summed E-state index contributed by atoms with van der Waals surface area (Å²) in [6, 6.07) is 1.79. The highest BCUT2D eigenvalue weighted by molar-refractivity contribution is 5.96. The molecular formula is C9H5F2N3O4. The third-order valence-corrected chi connectivity index (χ3v) is 1.93. The number of nitriles is 1. The van der Waals surface area contributed by atoms with Crippen molar-refractivity contribution in [1.82, 2.24) is 4.98 Å². The monoisotopic (exact) mass is 257 g/mol. The summed E-state index contributed by atoms with van der Waals surface area (Å²) >= 11 is 0. The maximum Gasteiger partial charge on any atom is 0.347 e. The average molecular weight is 257 g/mol. The van der Waals surface area contributed by atoms with Gasteiger partial charge in [0.1, 0.15) is 11.8 Å². The molecule has 0 radical (unpaired) electrons. The van der Waals surface area contributed by atoms with E-state index in [-0.39, 0.29) is 0 Å². The molecular weight excluding hydrogens is 252 g/mol. The van der Waals surface area contributed by atoms with Crippen LogP contribution in [-0.4, -0.2) is 23.0 Å². The summed E-state index contributed by atoms with van der Waals surface area (Å²) in [4.78, 5) is 24.1. The first-order chi connectivity index (χ1) is 8.42. The molecule has 0 spiro atoms. The SMILES string of the molecule is COC(=O)c1c([N+](=O)[O-])cc(C(F)F)nc1C#N. The van der Waals surface area contributed by atoms with Crippen LogP contribution in [0.5, 0.6) is 0 Å². The van der Waals surface area contributed by atoms with Crippen LogP contribution in [0, 0.1) is 21.4 Å². The zero-order chi connectivity index (χ0) is 13.9. The van der Waals surface area contributed by atoms with Gasteiger partial charge in [-0.3, -0.25) is 10.1 Å². The number of nitro groups is 1. The summed E-state index contributed by atoms with van der Waals surface area (Å²) in [5.74, 6) is -1.19. The standard InChI is InChI=1S/C9H5F2N3O4/c1-18-9(15)7-5(3-12)13-4(8(10)11)2-6(7)14(16)17/h2,8H,1H3. The van der Waals surface area contributed by atoms with Crippen molar-refractivity contribution in [3.8, 4) is 6.07 Å². The van der Waals surface area contributed by atoms with E-state index in [1.165, 1.54) is 6.07 Å². The Bertz CT molecular complexity index is 553.